The van der Waals surface area contributed by atoms with Crippen LogP contribution in [0.15, 0.2) is 18.5 Å². The fraction of sp³-hybridized carbons (Fsp3) is 0.417. The van der Waals surface area contributed by atoms with Crippen molar-refractivity contribution < 1.29 is 18.3 Å². The summed E-state index contributed by atoms with van der Waals surface area (Å²) in [5.74, 6) is 5.86. The summed E-state index contributed by atoms with van der Waals surface area (Å²) in [5, 5.41) is 8.56. The van der Waals surface area contributed by atoms with E-state index in [0.29, 0.717) is 24.3 Å². The van der Waals surface area contributed by atoms with Gasteiger partial charge in [0.15, 0.2) is 0 Å². The highest BCUT2D eigenvalue weighted by Crippen LogP contribution is 2.10. The third-order valence-corrected chi connectivity index (χ3v) is 2.98. The summed E-state index contributed by atoms with van der Waals surface area (Å²) in [6, 6.07) is 1.69. The minimum Gasteiger partial charge on any atom is -0.492 e. The molecule has 0 saturated heterocycles. The summed E-state index contributed by atoms with van der Waals surface area (Å²) in [7, 11) is -2.94. The Bertz CT molecular complexity index is 543. The van der Waals surface area contributed by atoms with E-state index >= 15 is 0 Å². The third kappa shape index (κ3) is 6.23. The second-order valence-electron chi connectivity index (χ2n) is 3.70. The molecule has 0 radical (unpaired) electrons. The average molecular weight is 269 g/mol. The van der Waals surface area contributed by atoms with Crippen LogP contribution in [0, 0.1) is 11.8 Å². The number of nitrogens with zero attached hydrogens (tertiary/aromatic N) is 1. The Labute approximate surface area is 107 Å². The number of ether oxygens (including phenoxy) is 1. The molecule has 1 aromatic rings. The molecule has 0 bridgehead atoms. The van der Waals surface area contributed by atoms with E-state index < -0.39 is 9.84 Å². The van der Waals surface area contributed by atoms with E-state index in [0.717, 1.165) is 0 Å². The molecule has 1 N–H and O–H groups in total. The van der Waals surface area contributed by atoms with Crippen LogP contribution in [0.5, 0.6) is 5.75 Å². The smallest absolute Gasteiger partial charge is 0.147 e. The Morgan fingerprint density at radius 2 is 2.22 bits per heavy atom. The first-order valence-electron chi connectivity index (χ1n) is 5.36. The summed E-state index contributed by atoms with van der Waals surface area (Å²) in [6.45, 7) is 0.102. The highest BCUT2D eigenvalue weighted by molar-refractivity contribution is 7.90. The highest BCUT2D eigenvalue weighted by Gasteiger charge is 2.02. The second kappa shape index (κ2) is 6.99. The van der Waals surface area contributed by atoms with Crippen LogP contribution in [0.1, 0.15) is 12.0 Å². The van der Waals surface area contributed by atoms with Gasteiger partial charge in [0.2, 0.25) is 0 Å². The van der Waals surface area contributed by atoms with Crippen molar-refractivity contribution in [2.45, 2.75) is 6.42 Å². The zero-order valence-electron chi connectivity index (χ0n) is 10.1. The molecule has 0 aliphatic rings. The molecule has 98 valence electrons. The van der Waals surface area contributed by atoms with Gasteiger partial charge in [0, 0.05) is 18.0 Å². The number of rotatable bonds is 5. The molecule has 0 aliphatic carbocycles. The lowest BCUT2D eigenvalue weighted by Crippen LogP contribution is -2.08. The van der Waals surface area contributed by atoms with Crippen molar-refractivity contribution in [1.29, 1.82) is 0 Å². The molecule has 0 saturated carbocycles. The number of pyridine rings is 1. The van der Waals surface area contributed by atoms with Crippen LogP contribution in [0.4, 0.5) is 0 Å². The lowest BCUT2D eigenvalue weighted by Gasteiger charge is -2.05. The Morgan fingerprint density at radius 1 is 1.44 bits per heavy atom. The molecule has 18 heavy (non-hydrogen) atoms. The molecule has 1 heterocycles. The van der Waals surface area contributed by atoms with Crippen LogP contribution in [-0.4, -0.2) is 43.7 Å². The molecule has 0 unspecified atom stereocenters. The van der Waals surface area contributed by atoms with Crippen LogP contribution in [0.3, 0.4) is 0 Å². The fourth-order valence-electron chi connectivity index (χ4n) is 1.22. The molecule has 1 rings (SSSR count). The first kappa shape index (κ1) is 14.5. The van der Waals surface area contributed by atoms with Gasteiger partial charge in [0.05, 0.1) is 18.6 Å². The van der Waals surface area contributed by atoms with Gasteiger partial charge in [0.25, 0.3) is 0 Å². The second-order valence-corrected chi connectivity index (χ2v) is 5.96. The number of aliphatic hydroxyl groups excluding tert-OH is 1. The number of sulfone groups is 1. The van der Waals surface area contributed by atoms with E-state index in [4.69, 9.17) is 9.84 Å². The Morgan fingerprint density at radius 3 is 2.89 bits per heavy atom. The molecule has 5 nitrogen and oxygen atoms in total. The predicted molar refractivity (Wildman–Crippen MR) is 68.0 cm³/mol. The van der Waals surface area contributed by atoms with Crippen LogP contribution in [-0.2, 0) is 9.84 Å². The summed E-state index contributed by atoms with van der Waals surface area (Å²) in [6.07, 6.45) is 4.72. The summed E-state index contributed by atoms with van der Waals surface area (Å²) in [4.78, 5) is 3.94. The number of aliphatic hydroxyl groups is 1. The van der Waals surface area contributed by atoms with Crippen molar-refractivity contribution >= 4 is 9.84 Å². The molecule has 0 aliphatic heterocycles. The van der Waals surface area contributed by atoms with E-state index in [1.54, 1.807) is 12.3 Å². The maximum Gasteiger partial charge on any atom is 0.147 e. The zero-order valence-corrected chi connectivity index (χ0v) is 10.9. The van der Waals surface area contributed by atoms with Crippen molar-refractivity contribution in [2.24, 2.45) is 0 Å². The minimum absolute atomic E-state index is 0.102. The van der Waals surface area contributed by atoms with E-state index in [2.05, 4.69) is 16.8 Å². The van der Waals surface area contributed by atoms with E-state index in [1.807, 2.05) is 0 Å². The van der Waals surface area contributed by atoms with Gasteiger partial charge < -0.3 is 9.84 Å². The first-order chi connectivity index (χ1) is 8.51. The van der Waals surface area contributed by atoms with Gasteiger partial charge in [0.1, 0.15) is 22.2 Å². The van der Waals surface area contributed by atoms with E-state index in [-0.39, 0.29) is 12.4 Å². The van der Waals surface area contributed by atoms with Gasteiger partial charge >= 0.3 is 0 Å². The molecule has 6 heteroatoms. The van der Waals surface area contributed by atoms with Gasteiger partial charge in [-0.15, -0.1) is 0 Å². The highest BCUT2D eigenvalue weighted by atomic mass is 32.2. The largest absolute Gasteiger partial charge is 0.492 e. The van der Waals surface area contributed by atoms with Gasteiger partial charge in [-0.2, -0.15) is 0 Å². The summed E-state index contributed by atoms with van der Waals surface area (Å²) in [5.41, 5.74) is 0.643. The maximum atomic E-state index is 10.9. The molecule has 0 spiro atoms. The number of aromatic nitrogens is 1. The average Bonchev–Trinajstić information content (AvgIpc) is 2.31. The van der Waals surface area contributed by atoms with E-state index in [9.17, 15) is 8.42 Å². The van der Waals surface area contributed by atoms with Gasteiger partial charge in [-0.3, -0.25) is 4.98 Å². The monoisotopic (exact) mass is 269 g/mol. The van der Waals surface area contributed by atoms with Crippen molar-refractivity contribution in [2.75, 3.05) is 25.2 Å². The lowest BCUT2D eigenvalue weighted by atomic mass is 10.3. The molecular formula is C12H15NO4S. The predicted octanol–water partition coefficient (Wildman–Crippen LogP) is 0.239. The van der Waals surface area contributed by atoms with Crippen molar-refractivity contribution in [3.63, 3.8) is 0 Å². The van der Waals surface area contributed by atoms with Gasteiger partial charge in [-0.25, -0.2) is 8.42 Å². The molecule has 0 amide bonds. The summed E-state index contributed by atoms with van der Waals surface area (Å²) < 4.78 is 27.2. The van der Waals surface area contributed by atoms with Crippen LogP contribution < -0.4 is 4.74 Å². The minimum atomic E-state index is -2.94. The third-order valence-electron chi connectivity index (χ3n) is 1.95. The first-order valence-corrected chi connectivity index (χ1v) is 7.42. The normalized spacial score (nSPS) is 10.6. The molecular weight excluding hydrogens is 254 g/mol. The zero-order chi connectivity index (χ0) is 13.4. The molecule has 0 aromatic carbocycles. The Kier molecular flexibility index (Phi) is 5.62. The molecule has 0 fully saturated rings. The SMILES string of the molecule is CS(=O)(=O)CCCOc1cncc(C#CCO)c1. The molecule has 1 aromatic heterocycles. The fourth-order valence-corrected chi connectivity index (χ4v) is 1.86. The topological polar surface area (TPSA) is 76.5 Å². The van der Waals surface area contributed by atoms with Crippen LogP contribution in [0.25, 0.3) is 0 Å². The van der Waals surface area contributed by atoms with Crippen molar-refractivity contribution in [3.8, 4) is 17.6 Å². The van der Waals surface area contributed by atoms with Gasteiger partial charge in [-0.1, -0.05) is 11.8 Å². The van der Waals surface area contributed by atoms with Crippen LogP contribution in [0.2, 0.25) is 0 Å². The van der Waals surface area contributed by atoms with Crippen LogP contribution >= 0.6 is 0 Å². The standard InChI is InChI=1S/C12H15NO4S/c1-18(15,16)7-3-6-17-12-8-11(4-2-5-14)9-13-10-12/h8-10,14H,3,5-7H2,1H3. The van der Waals surface area contributed by atoms with E-state index in [1.165, 1.54) is 12.5 Å². The van der Waals surface area contributed by atoms with Crippen molar-refractivity contribution in [1.82, 2.24) is 4.98 Å². The number of hydrogen-bond acceptors (Lipinski definition) is 5. The molecule has 0 atom stereocenters. The lowest BCUT2D eigenvalue weighted by molar-refractivity contribution is 0.316. The number of hydrogen-bond donors (Lipinski definition) is 1. The van der Waals surface area contributed by atoms with Gasteiger partial charge in [-0.05, 0) is 12.5 Å². The maximum absolute atomic E-state index is 10.9. The Hall–Kier alpha value is -1.58. The van der Waals surface area contributed by atoms with Crippen molar-refractivity contribution in [3.05, 3.63) is 24.0 Å². The Balaban J connectivity index is 2.48. The summed E-state index contributed by atoms with van der Waals surface area (Å²) >= 11 is 0. The quantitative estimate of drug-likeness (QED) is 0.612.